The van der Waals surface area contributed by atoms with Crippen molar-refractivity contribution in [2.45, 2.75) is 17.1 Å². The molecule has 1 heterocycles. The van der Waals surface area contributed by atoms with Gasteiger partial charge in [0.15, 0.2) is 16.5 Å². The van der Waals surface area contributed by atoms with Crippen molar-refractivity contribution >= 4 is 15.7 Å². The van der Waals surface area contributed by atoms with Crippen LogP contribution in [0.4, 0.5) is 13.2 Å². The van der Waals surface area contributed by atoms with Crippen LogP contribution in [-0.2, 0) is 16.4 Å². The average Bonchev–Trinajstić information content (AvgIpc) is 2.70. The highest BCUT2D eigenvalue weighted by atomic mass is 32.2. The van der Waals surface area contributed by atoms with Crippen LogP contribution in [0.15, 0.2) is 35.5 Å². The summed E-state index contributed by atoms with van der Waals surface area (Å²) in [5.41, 5.74) is -5.91. The maximum absolute atomic E-state index is 12.9. The number of pyridine rings is 1. The summed E-state index contributed by atoms with van der Waals surface area (Å²) in [5, 5.41) is 0.985. The number of rotatable bonds is 7. The average molecular weight is 434 g/mol. The number of aromatic nitrogens is 1. The fourth-order valence-electron chi connectivity index (χ4n) is 2.39. The summed E-state index contributed by atoms with van der Waals surface area (Å²) in [4.78, 5) is 15.7. The molecule has 1 aromatic heterocycles. The fourth-order valence-corrected chi connectivity index (χ4v) is 3.26. The van der Waals surface area contributed by atoms with E-state index >= 15 is 0 Å². The van der Waals surface area contributed by atoms with Crippen LogP contribution in [0.5, 0.6) is 17.2 Å². The van der Waals surface area contributed by atoms with Crippen LogP contribution in [0.1, 0.15) is 15.9 Å². The molecule has 12 heteroatoms. The molecule has 0 atom stereocenters. The third-order valence-electron chi connectivity index (χ3n) is 3.80. The first-order chi connectivity index (χ1) is 13.6. The van der Waals surface area contributed by atoms with Gasteiger partial charge in [-0.05, 0) is 18.2 Å². The van der Waals surface area contributed by atoms with Gasteiger partial charge in [0.25, 0.3) is 15.7 Å². The Morgan fingerprint density at radius 3 is 2.21 bits per heavy atom. The number of hydrogen-bond acceptors (Lipinski definition) is 7. The van der Waals surface area contributed by atoms with Gasteiger partial charge in [-0.2, -0.15) is 13.2 Å². The molecule has 0 aliphatic rings. The number of hydrogen-bond donors (Lipinski definition) is 1. The van der Waals surface area contributed by atoms with Crippen LogP contribution in [0.25, 0.3) is 0 Å². The minimum atomic E-state index is -5.80. The van der Waals surface area contributed by atoms with Crippen molar-refractivity contribution in [3.8, 4) is 17.2 Å². The second-order valence-electron chi connectivity index (χ2n) is 5.51. The maximum Gasteiger partial charge on any atom is 0.503 e. The van der Waals surface area contributed by atoms with Gasteiger partial charge in [0.05, 0.1) is 26.9 Å². The molecule has 2 aromatic rings. The predicted octanol–water partition coefficient (Wildman–Crippen LogP) is 2.33. The number of benzene rings is 1. The number of alkyl halides is 3. The Bertz CT molecular complexity index is 1010. The van der Waals surface area contributed by atoms with E-state index in [1.807, 2.05) is 0 Å². The van der Waals surface area contributed by atoms with Crippen molar-refractivity contribution in [2.24, 2.45) is 0 Å². The molecule has 0 saturated heterocycles. The highest BCUT2D eigenvalue weighted by molar-refractivity contribution is 7.92. The van der Waals surface area contributed by atoms with Crippen molar-refractivity contribution in [1.29, 1.82) is 0 Å². The van der Waals surface area contributed by atoms with Gasteiger partial charge in [0, 0.05) is 24.4 Å². The molecule has 1 amide bonds. The van der Waals surface area contributed by atoms with Crippen molar-refractivity contribution in [3.05, 3.63) is 41.6 Å². The molecule has 0 unspecified atom stereocenters. The minimum absolute atomic E-state index is 0.192. The van der Waals surface area contributed by atoms with E-state index in [4.69, 9.17) is 14.2 Å². The van der Waals surface area contributed by atoms with E-state index in [1.54, 1.807) is 0 Å². The van der Waals surface area contributed by atoms with Crippen molar-refractivity contribution in [3.63, 3.8) is 0 Å². The summed E-state index contributed by atoms with van der Waals surface area (Å²) in [7, 11) is -1.60. The molecule has 1 aromatic carbocycles. The van der Waals surface area contributed by atoms with Crippen LogP contribution >= 0.6 is 0 Å². The van der Waals surface area contributed by atoms with Gasteiger partial charge < -0.3 is 19.5 Å². The second-order valence-corrected chi connectivity index (χ2v) is 7.36. The van der Waals surface area contributed by atoms with Gasteiger partial charge in [-0.15, -0.1) is 0 Å². The zero-order valence-corrected chi connectivity index (χ0v) is 16.3. The number of nitrogens with one attached hydrogen (secondary N) is 1. The molecule has 0 spiro atoms. The molecule has 29 heavy (non-hydrogen) atoms. The fraction of sp³-hybridized carbons (Fsp3) is 0.294. The van der Waals surface area contributed by atoms with Gasteiger partial charge in [0.1, 0.15) is 5.75 Å². The number of carbonyl (C=O) groups excluding carboxylic acids is 1. The molecule has 1 N–H and O–H groups in total. The Morgan fingerprint density at radius 1 is 1.07 bits per heavy atom. The molecular weight excluding hydrogens is 417 g/mol. The summed E-state index contributed by atoms with van der Waals surface area (Å²) < 4.78 is 77.5. The molecule has 0 radical (unpaired) electrons. The Labute approximate surface area is 164 Å². The van der Waals surface area contributed by atoms with Gasteiger partial charge in [-0.1, -0.05) is 0 Å². The van der Waals surface area contributed by atoms with Crippen LogP contribution < -0.4 is 19.5 Å². The van der Waals surface area contributed by atoms with E-state index in [-0.39, 0.29) is 6.54 Å². The normalized spacial score (nSPS) is 11.7. The van der Waals surface area contributed by atoms with Gasteiger partial charge in [-0.25, -0.2) is 13.4 Å². The molecule has 0 fully saturated rings. The van der Waals surface area contributed by atoms with Gasteiger partial charge in [-0.3, -0.25) is 4.79 Å². The van der Waals surface area contributed by atoms with E-state index in [1.165, 1.54) is 33.5 Å². The van der Waals surface area contributed by atoms with Crippen LogP contribution in [0, 0.1) is 0 Å². The molecule has 0 aliphatic carbocycles. The first-order valence-corrected chi connectivity index (χ1v) is 9.38. The number of amides is 1. The number of halogens is 3. The van der Waals surface area contributed by atoms with Gasteiger partial charge >= 0.3 is 5.51 Å². The summed E-state index contributed by atoms with van der Waals surface area (Å²) in [6.45, 7) is -0.192. The topological polar surface area (TPSA) is 104 Å². The van der Waals surface area contributed by atoms with E-state index in [2.05, 4.69) is 10.3 Å². The van der Waals surface area contributed by atoms with E-state index in [0.29, 0.717) is 22.8 Å². The lowest BCUT2D eigenvalue weighted by Crippen LogP contribution is -2.30. The number of nitrogens with zero attached hydrogens (tertiary/aromatic N) is 1. The quantitative estimate of drug-likeness (QED) is 0.713. The predicted molar refractivity (Wildman–Crippen MR) is 94.7 cm³/mol. The summed E-state index contributed by atoms with van der Waals surface area (Å²) in [6.07, 6.45) is 0.854. The monoisotopic (exact) mass is 434 g/mol. The van der Waals surface area contributed by atoms with Crippen molar-refractivity contribution in [2.75, 3.05) is 21.3 Å². The third-order valence-corrected chi connectivity index (χ3v) is 5.24. The number of ether oxygens (including phenoxy) is 3. The lowest BCUT2D eigenvalue weighted by molar-refractivity contribution is -0.0438. The molecular formula is C17H17F3N2O6S. The van der Waals surface area contributed by atoms with E-state index in [9.17, 15) is 26.4 Å². The SMILES string of the molecule is COc1cc(OC)c(OC)cc1CNC(=O)c1cccnc1S(=O)(=O)C(F)(F)F. The summed E-state index contributed by atoms with van der Waals surface area (Å²) >= 11 is 0. The van der Waals surface area contributed by atoms with Crippen LogP contribution in [0.3, 0.4) is 0 Å². The number of methoxy groups -OCH3 is 3. The lowest BCUT2D eigenvalue weighted by atomic mass is 10.1. The lowest BCUT2D eigenvalue weighted by Gasteiger charge is -2.15. The largest absolute Gasteiger partial charge is 0.503 e. The Balaban J connectivity index is 2.34. The molecule has 8 nitrogen and oxygen atoms in total. The Kier molecular flexibility index (Phi) is 6.57. The summed E-state index contributed by atoms with van der Waals surface area (Å²) in [5.74, 6) is -0.0421. The molecule has 0 bridgehead atoms. The first-order valence-electron chi connectivity index (χ1n) is 7.90. The first kappa shape index (κ1) is 22.3. The number of sulfone groups is 1. The van der Waals surface area contributed by atoms with Crippen molar-refractivity contribution in [1.82, 2.24) is 10.3 Å². The molecule has 0 saturated carbocycles. The second kappa shape index (κ2) is 8.55. The third kappa shape index (κ3) is 4.53. The highest BCUT2D eigenvalue weighted by Crippen LogP contribution is 2.35. The minimum Gasteiger partial charge on any atom is -0.496 e. The Morgan fingerprint density at radius 2 is 1.66 bits per heavy atom. The standard InChI is InChI=1S/C17H17F3N2O6S/c1-26-12-8-14(28-3)13(27-2)7-10(12)9-22-15(23)11-5-4-6-21-16(11)29(24,25)17(18,19)20/h4-8H,9H2,1-3H3,(H,22,23). The van der Waals surface area contributed by atoms with Gasteiger partial charge in [0.2, 0.25) is 0 Å². The maximum atomic E-state index is 12.9. The molecule has 158 valence electrons. The summed E-state index contributed by atoms with van der Waals surface area (Å²) in [6, 6.07) is 5.10. The molecule has 2 rings (SSSR count). The zero-order valence-electron chi connectivity index (χ0n) is 15.5. The van der Waals surface area contributed by atoms with Crippen LogP contribution in [-0.4, -0.2) is 46.1 Å². The number of carbonyl (C=O) groups is 1. The zero-order chi connectivity index (χ0) is 21.8. The van der Waals surface area contributed by atoms with Crippen LogP contribution in [0.2, 0.25) is 0 Å². The van der Waals surface area contributed by atoms with Crippen molar-refractivity contribution < 1.29 is 40.6 Å². The van der Waals surface area contributed by atoms with E-state index in [0.717, 1.165) is 18.3 Å². The molecule has 0 aliphatic heterocycles. The Hall–Kier alpha value is -3.02. The highest BCUT2D eigenvalue weighted by Gasteiger charge is 2.49. The van der Waals surface area contributed by atoms with E-state index < -0.39 is 31.8 Å². The smallest absolute Gasteiger partial charge is 0.496 e.